The van der Waals surface area contributed by atoms with Gasteiger partial charge in [-0.3, -0.25) is 14.5 Å². The van der Waals surface area contributed by atoms with Crippen molar-refractivity contribution in [3.63, 3.8) is 0 Å². The molecule has 188 valence electrons. The minimum Gasteiger partial charge on any atom is -0.486 e. The third kappa shape index (κ3) is 3.89. The summed E-state index contributed by atoms with van der Waals surface area (Å²) in [5, 5.41) is 2.91. The zero-order valence-electron chi connectivity index (χ0n) is 20.3. The highest BCUT2D eigenvalue weighted by molar-refractivity contribution is 6.11. The Morgan fingerprint density at radius 1 is 0.892 bits per heavy atom. The Morgan fingerprint density at radius 3 is 2.22 bits per heavy atom. The lowest BCUT2D eigenvalue weighted by atomic mass is 9.82. The molecule has 4 amide bonds. The molecule has 8 heteroatoms. The summed E-state index contributed by atoms with van der Waals surface area (Å²) in [7, 11) is 0. The van der Waals surface area contributed by atoms with Gasteiger partial charge in [-0.05, 0) is 41.7 Å². The number of urea groups is 1. The van der Waals surface area contributed by atoms with Crippen LogP contribution in [0.5, 0.6) is 11.5 Å². The summed E-state index contributed by atoms with van der Waals surface area (Å²) in [6, 6.07) is 23.3. The van der Waals surface area contributed by atoms with Crippen molar-refractivity contribution in [2.75, 3.05) is 26.3 Å². The van der Waals surface area contributed by atoms with Crippen molar-refractivity contribution in [3.05, 3.63) is 95.6 Å². The van der Waals surface area contributed by atoms with Gasteiger partial charge in [0, 0.05) is 6.54 Å². The van der Waals surface area contributed by atoms with E-state index in [1.54, 1.807) is 4.90 Å². The van der Waals surface area contributed by atoms with Gasteiger partial charge in [0.2, 0.25) is 5.91 Å². The van der Waals surface area contributed by atoms with Crippen LogP contribution in [-0.2, 0) is 15.1 Å². The van der Waals surface area contributed by atoms with Crippen molar-refractivity contribution in [3.8, 4) is 11.5 Å². The van der Waals surface area contributed by atoms with Gasteiger partial charge in [-0.2, -0.15) is 0 Å². The lowest BCUT2D eigenvalue weighted by Crippen LogP contribution is -2.46. The molecule has 37 heavy (non-hydrogen) atoms. The largest absolute Gasteiger partial charge is 0.486 e. The summed E-state index contributed by atoms with van der Waals surface area (Å²) in [6.07, 6.45) is 1.63. The van der Waals surface area contributed by atoms with E-state index in [1.807, 2.05) is 78.9 Å². The number of hydrogen-bond donors (Lipinski definition) is 1. The first-order chi connectivity index (χ1) is 18.1. The molecule has 0 unspecified atom stereocenters. The monoisotopic (exact) mass is 497 g/mol. The quantitative estimate of drug-likeness (QED) is 0.544. The van der Waals surface area contributed by atoms with Crippen molar-refractivity contribution in [2.45, 2.75) is 24.4 Å². The van der Waals surface area contributed by atoms with Gasteiger partial charge in [0.1, 0.15) is 19.8 Å². The van der Waals surface area contributed by atoms with Crippen LogP contribution in [0.25, 0.3) is 0 Å². The summed E-state index contributed by atoms with van der Waals surface area (Å²) in [5.41, 5.74) is 0.852. The fourth-order valence-electron chi connectivity index (χ4n) is 5.56. The van der Waals surface area contributed by atoms with Gasteiger partial charge in [0.05, 0.1) is 6.04 Å². The minimum atomic E-state index is -1.39. The average Bonchev–Trinajstić information content (AvgIpc) is 3.54. The van der Waals surface area contributed by atoms with Crippen LogP contribution in [0, 0.1) is 0 Å². The van der Waals surface area contributed by atoms with Crippen LogP contribution in [-0.4, -0.2) is 53.9 Å². The molecule has 0 saturated carbocycles. The van der Waals surface area contributed by atoms with Crippen molar-refractivity contribution in [1.29, 1.82) is 0 Å². The number of rotatable bonds is 5. The molecule has 0 aromatic heterocycles. The smallest absolute Gasteiger partial charge is 0.326 e. The molecular weight excluding hydrogens is 470 g/mol. The molecule has 3 aliphatic rings. The molecule has 2 saturated heterocycles. The highest BCUT2D eigenvalue weighted by Gasteiger charge is 2.54. The minimum absolute atomic E-state index is 0.155. The Morgan fingerprint density at radius 2 is 1.54 bits per heavy atom. The number of carbonyl (C=O) groups excluding carboxylic acids is 3. The Balaban J connectivity index is 1.27. The Hall–Kier alpha value is -4.33. The van der Waals surface area contributed by atoms with Crippen LogP contribution in [0.1, 0.15) is 35.6 Å². The number of nitrogens with one attached hydrogen (secondary N) is 1. The van der Waals surface area contributed by atoms with Gasteiger partial charge in [-0.15, -0.1) is 0 Å². The first-order valence-corrected chi connectivity index (χ1v) is 12.5. The maximum Gasteiger partial charge on any atom is 0.326 e. The van der Waals surface area contributed by atoms with Gasteiger partial charge < -0.3 is 19.7 Å². The van der Waals surface area contributed by atoms with E-state index in [9.17, 15) is 14.4 Å². The molecule has 0 radical (unpaired) electrons. The number of imide groups is 1. The molecule has 2 fully saturated rings. The first-order valence-electron chi connectivity index (χ1n) is 12.5. The van der Waals surface area contributed by atoms with Crippen molar-refractivity contribution in [1.82, 2.24) is 15.1 Å². The highest BCUT2D eigenvalue weighted by Crippen LogP contribution is 2.39. The Kier molecular flexibility index (Phi) is 5.79. The topological polar surface area (TPSA) is 88.2 Å². The number of benzene rings is 3. The molecule has 3 aromatic carbocycles. The fraction of sp³-hybridized carbons (Fsp3) is 0.276. The van der Waals surface area contributed by atoms with Crippen LogP contribution >= 0.6 is 0 Å². The maximum atomic E-state index is 13.9. The van der Waals surface area contributed by atoms with Crippen LogP contribution in [0.2, 0.25) is 0 Å². The van der Waals surface area contributed by atoms with Crippen LogP contribution < -0.4 is 14.8 Å². The van der Waals surface area contributed by atoms with E-state index < -0.39 is 17.5 Å². The Bertz CT molecular complexity index is 1300. The van der Waals surface area contributed by atoms with E-state index in [0.717, 1.165) is 23.3 Å². The lowest BCUT2D eigenvalue weighted by molar-refractivity contribution is -0.139. The predicted octanol–water partition coefficient (Wildman–Crippen LogP) is 3.62. The molecule has 1 N–H and O–H groups in total. The van der Waals surface area contributed by atoms with E-state index in [2.05, 4.69) is 5.32 Å². The van der Waals surface area contributed by atoms with Gasteiger partial charge in [0.15, 0.2) is 17.0 Å². The normalized spacial score (nSPS) is 20.2. The predicted molar refractivity (Wildman–Crippen MR) is 135 cm³/mol. The van der Waals surface area contributed by atoms with Crippen molar-refractivity contribution >= 4 is 17.8 Å². The molecule has 6 rings (SSSR count). The van der Waals surface area contributed by atoms with Gasteiger partial charge in [-0.25, -0.2) is 4.79 Å². The molecule has 3 aliphatic heterocycles. The lowest BCUT2D eigenvalue weighted by Gasteiger charge is -2.29. The third-order valence-corrected chi connectivity index (χ3v) is 7.34. The van der Waals surface area contributed by atoms with E-state index in [-0.39, 0.29) is 18.5 Å². The van der Waals surface area contributed by atoms with E-state index in [4.69, 9.17) is 9.47 Å². The second kappa shape index (κ2) is 9.28. The summed E-state index contributed by atoms with van der Waals surface area (Å²) >= 11 is 0. The molecule has 0 bridgehead atoms. The fourth-order valence-corrected chi connectivity index (χ4v) is 5.56. The maximum absolute atomic E-state index is 13.9. The number of ether oxygens (including phenoxy) is 2. The highest BCUT2D eigenvalue weighted by atomic mass is 16.6. The van der Waals surface area contributed by atoms with Crippen LogP contribution in [0.15, 0.2) is 78.9 Å². The number of hydrogen-bond acceptors (Lipinski definition) is 5. The van der Waals surface area contributed by atoms with Gasteiger partial charge in [-0.1, -0.05) is 66.7 Å². The second-order valence-corrected chi connectivity index (χ2v) is 9.45. The zero-order chi connectivity index (χ0) is 25.4. The number of carbonyl (C=O) groups is 3. The zero-order valence-corrected chi connectivity index (χ0v) is 20.3. The first kappa shape index (κ1) is 23.1. The molecule has 0 spiro atoms. The van der Waals surface area contributed by atoms with E-state index >= 15 is 0 Å². The number of nitrogens with zero attached hydrogens (tertiary/aromatic N) is 2. The molecule has 8 nitrogen and oxygen atoms in total. The summed E-state index contributed by atoms with van der Waals surface area (Å²) in [4.78, 5) is 43.5. The number of fused-ring (bicyclic) bond motifs is 1. The molecular formula is C29H27N3O5. The van der Waals surface area contributed by atoms with Crippen LogP contribution in [0.4, 0.5) is 4.79 Å². The summed E-state index contributed by atoms with van der Waals surface area (Å²) in [6.45, 7) is 1.23. The second-order valence-electron chi connectivity index (χ2n) is 9.45. The molecule has 0 aliphatic carbocycles. The van der Waals surface area contributed by atoms with Crippen LogP contribution in [0.3, 0.4) is 0 Å². The van der Waals surface area contributed by atoms with E-state index in [0.29, 0.717) is 42.4 Å². The number of amides is 4. The third-order valence-electron chi connectivity index (χ3n) is 7.34. The Labute approximate surface area is 214 Å². The van der Waals surface area contributed by atoms with Crippen molar-refractivity contribution in [2.24, 2.45) is 0 Å². The van der Waals surface area contributed by atoms with Crippen molar-refractivity contribution < 1.29 is 23.9 Å². The standard InChI is InChI=1S/C29H27N3O5/c33-26(31-15-7-12-23(31)20-13-14-24-25(18-20)37-17-16-36-24)19-32-27(34)29(30-28(32)35,21-8-3-1-4-9-21)22-10-5-2-6-11-22/h1-6,8-11,13-14,18,23H,7,12,15-17,19H2,(H,30,35)/t23-/m0/s1. The molecule has 3 heterocycles. The number of likely N-dealkylation sites (tertiary alicyclic amines) is 1. The van der Waals surface area contributed by atoms with E-state index in [1.165, 1.54) is 0 Å². The van der Waals surface area contributed by atoms with Gasteiger partial charge in [0.25, 0.3) is 5.91 Å². The SMILES string of the molecule is O=C1NC(c2ccccc2)(c2ccccc2)C(=O)N1CC(=O)N1CCC[C@H]1c1ccc2c(c1)OCCO2. The average molecular weight is 498 g/mol. The molecule has 3 aromatic rings. The molecule has 1 atom stereocenters. The summed E-state index contributed by atoms with van der Waals surface area (Å²) < 4.78 is 11.4. The van der Waals surface area contributed by atoms with Gasteiger partial charge >= 0.3 is 6.03 Å². The summed E-state index contributed by atoms with van der Waals surface area (Å²) in [5.74, 6) is 0.646.